The van der Waals surface area contributed by atoms with Crippen LogP contribution in [0, 0.1) is 11.3 Å². The average Bonchev–Trinajstić information content (AvgIpc) is 2.43. The van der Waals surface area contributed by atoms with Crippen molar-refractivity contribution >= 4 is 5.69 Å². The van der Waals surface area contributed by atoms with Crippen LogP contribution in [-0.2, 0) is 6.42 Å². The molecule has 19 heavy (non-hydrogen) atoms. The SMILES string of the molecule is C=CCc1cc(N)ccc1Oc1ncccc1C#N. The van der Waals surface area contributed by atoms with Crippen LogP contribution in [0.5, 0.6) is 11.6 Å². The number of aromatic nitrogens is 1. The van der Waals surface area contributed by atoms with E-state index in [1.807, 2.05) is 12.1 Å². The predicted molar refractivity (Wildman–Crippen MR) is 73.8 cm³/mol. The Kier molecular flexibility index (Phi) is 3.79. The number of pyridine rings is 1. The minimum absolute atomic E-state index is 0.292. The van der Waals surface area contributed by atoms with E-state index in [-0.39, 0.29) is 0 Å². The molecule has 0 saturated heterocycles. The Balaban J connectivity index is 2.38. The van der Waals surface area contributed by atoms with Crippen LogP contribution in [-0.4, -0.2) is 4.98 Å². The fourth-order valence-corrected chi connectivity index (χ4v) is 1.68. The zero-order valence-electron chi connectivity index (χ0n) is 10.3. The van der Waals surface area contributed by atoms with Crippen molar-refractivity contribution in [2.24, 2.45) is 0 Å². The van der Waals surface area contributed by atoms with Gasteiger partial charge in [0.2, 0.25) is 5.88 Å². The molecule has 2 aromatic rings. The fraction of sp³-hybridized carbons (Fsp3) is 0.0667. The largest absolute Gasteiger partial charge is 0.437 e. The number of benzene rings is 1. The van der Waals surface area contributed by atoms with Crippen LogP contribution in [0.3, 0.4) is 0 Å². The molecule has 4 nitrogen and oxygen atoms in total. The van der Waals surface area contributed by atoms with E-state index < -0.39 is 0 Å². The van der Waals surface area contributed by atoms with Crippen molar-refractivity contribution in [3.63, 3.8) is 0 Å². The third-order valence-corrected chi connectivity index (χ3v) is 2.55. The highest BCUT2D eigenvalue weighted by atomic mass is 16.5. The number of nitrogens with two attached hydrogens (primary N) is 1. The molecule has 2 rings (SSSR count). The Morgan fingerprint density at radius 3 is 3.00 bits per heavy atom. The van der Waals surface area contributed by atoms with Crippen LogP contribution < -0.4 is 10.5 Å². The van der Waals surface area contributed by atoms with Gasteiger partial charge in [-0.15, -0.1) is 6.58 Å². The van der Waals surface area contributed by atoms with Gasteiger partial charge in [-0.25, -0.2) is 4.98 Å². The van der Waals surface area contributed by atoms with Crippen molar-refractivity contribution in [1.82, 2.24) is 4.98 Å². The van der Waals surface area contributed by atoms with Crippen LogP contribution in [0.1, 0.15) is 11.1 Å². The van der Waals surface area contributed by atoms with Crippen LogP contribution in [0.4, 0.5) is 5.69 Å². The summed E-state index contributed by atoms with van der Waals surface area (Å²) < 4.78 is 5.70. The Hall–Kier alpha value is -2.80. The summed E-state index contributed by atoms with van der Waals surface area (Å²) >= 11 is 0. The molecule has 4 heteroatoms. The van der Waals surface area contributed by atoms with Gasteiger partial charge >= 0.3 is 0 Å². The highest BCUT2D eigenvalue weighted by Crippen LogP contribution is 2.28. The van der Waals surface area contributed by atoms with Gasteiger partial charge in [-0.1, -0.05) is 6.08 Å². The molecule has 1 heterocycles. The first-order valence-corrected chi connectivity index (χ1v) is 5.77. The van der Waals surface area contributed by atoms with E-state index in [1.54, 1.807) is 36.5 Å². The van der Waals surface area contributed by atoms with E-state index in [0.717, 1.165) is 5.56 Å². The first kappa shape index (κ1) is 12.7. The predicted octanol–water partition coefficient (Wildman–Crippen LogP) is 3.06. The van der Waals surface area contributed by atoms with Crippen molar-refractivity contribution < 1.29 is 4.74 Å². The van der Waals surface area contributed by atoms with Gasteiger partial charge < -0.3 is 10.5 Å². The summed E-state index contributed by atoms with van der Waals surface area (Å²) in [4.78, 5) is 4.07. The second-order valence-corrected chi connectivity index (χ2v) is 3.93. The van der Waals surface area contributed by atoms with Crippen molar-refractivity contribution in [2.45, 2.75) is 6.42 Å². The summed E-state index contributed by atoms with van der Waals surface area (Å²) in [6, 6.07) is 10.7. The molecule has 0 amide bonds. The standard InChI is InChI=1S/C15H13N3O/c1-2-4-11-9-13(17)6-7-14(11)19-15-12(10-16)5-3-8-18-15/h2-3,5-9H,1,4,17H2. The molecule has 2 N–H and O–H groups in total. The van der Waals surface area contributed by atoms with E-state index in [9.17, 15) is 0 Å². The molecule has 0 bridgehead atoms. The summed E-state index contributed by atoms with van der Waals surface area (Å²) in [6.45, 7) is 3.70. The lowest BCUT2D eigenvalue weighted by atomic mass is 10.1. The van der Waals surface area contributed by atoms with Gasteiger partial charge in [-0.3, -0.25) is 0 Å². The minimum Gasteiger partial charge on any atom is -0.437 e. The van der Waals surface area contributed by atoms with Crippen LogP contribution in [0.15, 0.2) is 49.2 Å². The number of hydrogen-bond acceptors (Lipinski definition) is 4. The zero-order valence-corrected chi connectivity index (χ0v) is 10.3. The molecular formula is C15H13N3O. The van der Waals surface area contributed by atoms with Crippen molar-refractivity contribution in [3.05, 3.63) is 60.3 Å². The maximum atomic E-state index is 9.01. The van der Waals surface area contributed by atoms with Gasteiger partial charge in [0.25, 0.3) is 0 Å². The van der Waals surface area contributed by atoms with E-state index >= 15 is 0 Å². The number of allylic oxidation sites excluding steroid dienone is 1. The molecule has 0 atom stereocenters. The summed E-state index contributed by atoms with van der Waals surface area (Å²) in [7, 11) is 0. The molecule has 0 saturated carbocycles. The van der Waals surface area contributed by atoms with E-state index in [2.05, 4.69) is 11.6 Å². The Bertz CT molecular complexity index is 644. The number of anilines is 1. The lowest BCUT2D eigenvalue weighted by Crippen LogP contribution is -1.96. The second kappa shape index (κ2) is 5.69. The number of hydrogen-bond donors (Lipinski definition) is 1. The van der Waals surface area contributed by atoms with Gasteiger partial charge in [0.15, 0.2) is 0 Å². The lowest BCUT2D eigenvalue weighted by Gasteiger charge is -2.10. The van der Waals surface area contributed by atoms with Gasteiger partial charge in [0.05, 0.1) is 0 Å². The monoisotopic (exact) mass is 251 g/mol. The fourth-order valence-electron chi connectivity index (χ4n) is 1.68. The first-order valence-electron chi connectivity index (χ1n) is 5.77. The minimum atomic E-state index is 0.292. The van der Waals surface area contributed by atoms with Gasteiger partial charge in [0, 0.05) is 17.4 Å². The molecule has 1 aromatic carbocycles. The van der Waals surface area contributed by atoms with Crippen LogP contribution in [0.25, 0.3) is 0 Å². The summed E-state index contributed by atoms with van der Waals surface area (Å²) in [6.07, 6.45) is 3.99. The van der Waals surface area contributed by atoms with Crippen LogP contribution >= 0.6 is 0 Å². The zero-order chi connectivity index (χ0) is 13.7. The Labute approximate surface area is 111 Å². The van der Waals surface area contributed by atoms with Gasteiger partial charge in [0.1, 0.15) is 17.4 Å². The molecule has 0 spiro atoms. The number of rotatable bonds is 4. The number of nitrogens with zero attached hydrogens (tertiary/aromatic N) is 2. The molecule has 0 fully saturated rings. The molecule has 0 aliphatic heterocycles. The highest BCUT2D eigenvalue weighted by molar-refractivity contribution is 5.50. The number of nitrogen functional groups attached to an aromatic ring is 1. The third-order valence-electron chi connectivity index (χ3n) is 2.55. The molecule has 0 radical (unpaired) electrons. The number of nitriles is 1. The third kappa shape index (κ3) is 2.90. The van der Waals surface area contributed by atoms with Crippen LogP contribution in [0.2, 0.25) is 0 Å². The van der Waals surface area contributed by atoms with E-state index in [4.69, 9.17) is 15.7 Å². The normalized spacial score (nSPS) is 9.63. The molecule has 1 aromatic heterocycles. The van der Waals surface area contributed by atoms with Gasteiger partial charge in [-0.05, 0) is 36.8 Å². The maximum absolute atomic E-state index is 9.01. The Morgan fingerprint density at radius 2 is 2.26 bits per heavy atom. The molecule has 0 unspecified atom stereocenters. The van der Waals surface area contributed by atoms with Gasteiger partial charge in [-0.2, -0.15) is 5.26 Å². The molecule has 0 aliphatic carbocycles. The van der Waals surface area contributed by atoms with E-state index in [0.29, 0.717) is 29.3 Å². The van der Waals surface area contributed by atoms with Crippen molar-refractivity contribution in [1.29, 1.82) is 5.26 Å². The molecule has 94 valence electrons. The molecular weight excluding hydrogens is 238 g/mol. The average molecular weight is 251 g/mol. The lowest BCUT2D eigenvalue weighted by molar-refractivity contribution is 0.457. The number of ether oxygens (including phenoxy) is 1. The Morgan fingerprint density at radius 1 is 1.42 bits per heavy atom. The highest BCUT2D eigenvalue weighted by Gasteiger charge is 2.09. The quantitative estimate of drug-likeness (QED) is 0.669. The topological polar surface area (TPSA) is 71.9 Å². The van der Waals surface area contributed by atoms with Crippen molar-refractivity contribution in [2.75, 3.05) is 5.73 Å². The van der Waals surface area contributed by atoms with Crippen molar-refractivity contribution in [3.8, 4) is 17.7 Å². The maximum Gasteiger partial charge on any atom is 0.237 e. The smallest absolute Gasteiger partial charge is 0.237 e. The first-order chi connectivity index (χ1) is 9.24. The molecule has 0 aliphatic rings. The summed E-state index contributed by atoms with van der Waals surface area (Å²) in [5.74, 6) is 0.921. The summed E-state index contributed by atoms with van der Waals surface area (Å²) in [5, 5.41) is 9.01. The summed E-state index contributed by atoms with van der Waals surface area (Å²) in [5.41, 5.74) is 7.71. The van der Waals surface area contributed by atoms with E-state index in [1.165, 1.54) is 0 Å². The second-order valence-electron chi connectivity index (χ2n) is 3.93.